The van der Waals surface area contributed by atoms with Gasteiger partial charge in [0.2, 0.25) is 0 Å². The molecule has 0 radical (unpaired) electrons. The van der Waals surface area contributed by atoms with Gasteiger partial charge in [-0.05, 0) is 91.0 Å². The average molecular weight is 431 g/mol. The van der Waals surface area contributed by atoms with Crippen molar-refractivity contribution < 1.29 is 4.74 Å². The summed E-state index contributed by atoms with van der Waals surface area (Å²) in [6.45, 7) is 5.17. The number of allylic oxidation sites excluding steroid dienone is 1. The molecule has 5 rings (SSSR count). The zero-order chi connectivity index (χ0) is 22.3. The van der Waals surface area contributed by atoms with Gasteiger partial charge in [-0.15, -0.1) is 0 Å². The Morgan fingerprint density at radius 2 is 1.34 bits per heavy atom. The summed E-state index contributed by atoms with van der Waals surface area (Å²) in [5, 5.41) is 0. The number of hydrogen-bond donors (Lipinski definition) is 0. The van der Waals surface area contributed by atoms with Crippen molar-refractivity contribution in [2.24, 2.45) is 5.41 Å². The maximum absolute atomic E-state index is 5.83. The first-order valence-corrected chi connectivity index (χ1v) is 13.2. The lowest BCUT2D eigenvalue weighted by atomic mass is 9.51. The molecule has 2 aromatic rings. The molecule has 0 saturated heterocycles. The van der Waals surface area contributed by atoms with Gasteiger partial charge >= 0.3 is 0 Å². The molecule has 2 bridgehead atoms. The van der Waals surface area contributed by atoms with Crippen LogP contribution < -0.4 is 4.74 Å². The molecule has 0 spiro atoms. The Kier molecular flexibility index (Phi) is 7.76. The molecule has 3 fully saturated rings. The SMILES string of the molecule is CCC/C=C/COc1ccc(-c2ccc(C34CCC(CCCCC)(CC3)CC4)cc2)cc1. The van der Waals surface area contributed by atoms with E-state index in [9.17, 15) is 0 Å². The smallest absolute Gasteiger partial charge is 0.119 e. The van der Waals surface area contributed by atoms with Gasteiger partial charge in [0.1, 0.15) is 12.4 Å². The molecule has 0 atom stereocenters. The van der Waals surface area contributed by atoms with Gasteiger partial charge in [-0.25, -0.2) is 0 Å². The number of hydrogen-bond acceptors (Lipinski definition) is 1. The third kappa shape index (κ3) is 5.30. The van der Waals surface area contributed by atoms with Crippen molar-refractivity contribution in [2.45, 2.75) is 96.3 Å². The average Bonchev–Trinajstić information content (AvgIpc) is 2.86. The van der Waals surface area contributed by atoms with Crippen LogP contribution in [-0.2, 0) is 5.41 Å². The second-order valence-corrected chi connectivity index (χ2v) is 10.4. The van der Waals surface area contributed by atoms with Crippen molar-refractivity contribution in [3.63, 3.8) is 0 Å². The fourth-order valence-electron chi connectivity index (χ4n) is 6.08. The molecule has 32 heavy (non-hydrogen) atoms. The van der Waals surface area contributed by atoms with Crippen molar-refractivity contribution in [2.75, 3.05) is 6.61 Å². The summed E-state index contributed by atoms with van der Waals surface area (Å²) in [5.74, 6) is 0.942. The minimum atomic E-state index is 0.452. The van der Waals surface area contributed by atoms with Crippen LogP contribution in [0.25, 0.3) is 11.1 Å². The van der Waals surface area contributed by atoms with Crippen molar-refractivity contribution in [3.05, 3.63) is 66.2 Å². The highest BCUT2D eigenvalue weighted by Gasteiger charge is 2.48. The molecule has 1 nitrogen and oxygen atoms in total. The Morgan fingerprint density at radius 1 is 0.719 bits per heavy atom. The van der Waals surface area contributed by atoms with Crippen LogP contribution in [0.5, 0.6) is 5.75 Å². The first-order valence-electron chi connectivity index (χ1n) is 13.2. The zero-order valence-corrected chi connectivity index (χ0v) is 20.4. The molecule has 172 valence electrons. The molecule has 2 aromatic carbocycles. The molecule has 0 unspecified atom stereocenters. The van der Waals surface area contributed by atoms with Crippen LogP contribution in [0.15, 0.2) is 60.7 Å². The zero-order valence-electron chi connectivity index (χ0n) is 20.4. The molecule has 3 aliphatic rings. The third-order valence-electron chi connectivity index (χ3n) is 8.37. The summed E-state index contributed by atoms with van der Waals surface area (Å²) in [5.41, 5.74) is 5.30. The van der Waals surface area contributed by atoms with Gasteiger partial charge in [0, 0.05) is 0 Å². The number of unbranched alkanes of at least 4 members (excludes halogenated alkanes) is 3. The van der Waals surface area contributed by atoms with Gasteiger partial charge in [0.05, 0.1) is 0 Å². The standard InChI is InChI=1S/C31H42O/c1-3-5-7-9-25-32-29-16-12-27(13-17-29)26-10-14-28(15-11-26)31-22-19-30(20-23-31,21-24-31)18-8-6-4-2/h7,9-17H,3-6,8,18-25H2,1-2H3/b9-7+. The Hall–Kier alpha value is -2.02. The summed E-state index contributed by atoms with van der Waals surface area (Å²) < 4.78 is 5.83. The largest absolute Gasteiger partial charge is 0.490 e. The molecule has 3 aliphatic carbocycles. The van der Waals surface area contributed by atoms with Crippen molar-refractivity contribution in [3.8, 4) is 16.9 Å². The molecular weight excluding hydrogens is 388 g/mol. The lowest BCUT2D eigenvalue weighted by molar-refractivity contribution is 0.0305. The van der Waals surface area contributed by atoms with Crippen LogP contribution in [0.1, 0.15) is 96.5 Å². The van der Waals surface area contributed by atoms with Crippen molar-refractivity contribution in [1.29, 1.82) is 0 Å². The van der Waals surface area contributed by atoms with Crippen LogP contribution in [0.4, 0.5) is 0 Å². The normalized spacial score (nSPS) is 24.8. The van der Waals surface area contributed by atoms with Gasteiger partial charge in [0.25, 0.3) is 0 Å². The predicted octanol–water partition coefficient (Wildman–Crippen LogP) is 9.26. The third-order valence-corrected chi connectivity index (χ3v) is 8.37. The van der Waals surface area contributed by atoms with E-state index in [0.29, 0.717) is 17.4 Å². The second kappa shape index (κ2) is 10.7. The summed E-state index contributed by atoms with van der Waals surface area (Å²) >= 11 is 0. The maximum Gasteiger partial charge on any atom is 0.119 e. The first kappa shape index (κ1) is 23.1. The van der Waals surface area contributed by atoms with E-state index in [-0.39, 0.29) is 0 Å². The van der Waals surface area contributed by atoms with Gasteiger partial charge in [-0.3, -0.25) is 0 Å². The van der Waals surface area contributed by atoms with Crippen molar-refractivity contribution in [1.82, 2.24) is 0 Å². The molecule has 0 N–H and O–H groups in total. The molecule has 1 heteroatoms. The summed E-state index contributed by atoms with van der Waals surface area (Å²) in [6, 6.07) is 18.1. The van der Waals surface area contributed by atoms with Crippen LogP contribution in [0.3, 0.4) is 0 Å². The minimum Gasteiger partial charge on any atom is -0.490 e. The van der Waals surface area contributed by atoms with Crippen LogP contribution in [-0.4, -0.2) is 6.61 Å². The Labute approximate surface area is 196 Å². The van der Waals surface area contributed by atoms with Crippen LogP contribution in [0.2, 0.25) is 0 Å². The monoisotopic (exact) mass is 430 g/mol. The number of ether oxygens (including phenoxy) is 1. The highest BCUT2D eigenvalue weighted by atomic mass is 16.5. The minimum absolute atomic E-state index is 0.452. The molecular formula is C31H42O. The second-order valence-electron chi connectivity index (χ2n) is 10.4. The van der Waals surface area contributed by atoms with E-state index in [1.54, 1.807) is 5.56 Å². The quantitative estimate of drug-likeness (QED) is 0.255. The lowest BCUT2D eigenvalue weighted by Crippen LogP contribution is -2.44. The van der Waals surface area contributed by atoms with E-state index in [2.05, 4.69) is 74.5 Å². The van der Waals surface area contributed by atoms with E-state index >= 15 is 0 Å². The molecule has 0 aromatic heterocycles. The predicted molar refractivity (Wildman–Crippen MR) is 137 cm³/mol. The number of fused-ring (bicyclic) bond motifs is 3. The fourth-order valence-corrected chi connectivity index (χ4v) is 6.08. The van der Waals surface area contributed by atoms with Crippen LogP contribution >= 0.6 is 0 Å². The van der Waals surface area contributed by atoms with E-state index in [0.717, 1.165) is 12.2 Å². The summed E-state index contributed by atoms with van der Waals surface area (Å²) in [4.78, 5) is 0. The van der Waals surface area contributed by atoms with Gasteiger partial charge in [0.15, 0.2) is 0 Å². The Bertz CT molecular complexity index is 834. The van der Waals surface area contributed by atoms with E-state index in [4.69, 9.17) is 4.74 Å². The Morgan fingerprint density at radius 3 is 1.94 bits per heavy atom. The summed E-state index contributed by atoms with van der Waals surface area (Å²) in [7, 11) is 0. The number of rotatable bonds is 11. The van der Waals surface area contributed by atoms with E-state index in [1.807, 2.05) is 0 Å². The van der Waals surface area contributed by atoms with Gasteiger partial charge < -0.3 is 4.74 Å². The topological polar surface area (TPSA) is 9.23 Å². The van der Waals surface area contributed by atoms with Crippen molar-refractivity contribution >= 4 is 0 Å². The maximum atomic E-state index is 5.83. The van der Waals surface area contributed by atoms with Gasteiger partial charge in [-0.2, -0.15) is 0 Å². The molecule has 0 amide bonds. The number of benzene rings is 2. The van der Waals surface area contributed by atoms with Crippen LogP contribution in [0, 0.1) is 5.41 Å². The highest BCUT2D eigenvalue weighted by molar-refractivity contribution is 5.64. The fraction of sp³-hybridized carbons (Fsp3) is 0.548. The van der Waals surface area contributed by atoms with E-state index < -0.39 is 0 Å². The Balaban J connectivity index is 1.35. The molecule has 3 saturated carbocycles. The van der Waals surface area contributed by atoms with E-state index in [1.165, 1.54) is 81.8 Å². The lowest BCUT2D eigenvalue weighted by Gasteiger charge is -2.54. The summed E-state index contributed by atoms with van der Waals surface area (Å²) in [6.07, 6.45) is 20.9. The molecule has 0 aliphatic heterocycles. The molecule has 0 heterocycles. The first-order chi connectivity index (χ1) is 15.7. The van der Waals surface area contributed by atoms with Gasteiger partial charge in [-0.1, -0.05) is 88.1 Å². The highest BCUT2D eigenvalue weighted by Crippen LogP contribution is 2.59.